The number of benzene rings is 1. The Morgan fingerprint density at radius 1 is 1.28 bits per heavy atom. The third kappa shape index (κ3) is 4.08. The number of hydrogen-bond acceptors (Lipinski definition) is 3. The first-order valence-corrected chi connectivity index (χ1v) is 6.06. The molecule has 0 fully saturated rings. The van der Waals surface area contributed by atoms with Gasteiger partial charge in [0, 0.05) is 12.0 Å². The van der Waals surface area contributed by atoms with Gasteiger partial charge in [0.25, 0.3) is 0 Å². The Bertz CT molecular complexity index is 412. The van der Waals surface area contributed by atoms with Crippen LogP contribution in [0.1, 0.15) is 18.4 Å². The predicted octanol–water partition coefficient (Wildman–Crippen LogP) is 3.14. The minimum absolute atomic E-state index is 0.0958. The number of esters is 1. The van der Waals surface area contributed by atoms with Crippen LogP contribution in [0, 0.1) is 0 Å². The van der Waals surface area contributed by atoms with Crippen molar-refractivity contribution in [2.75, 3.05) is 14.2 Å². The minimum atomic E-state index is -0.400. The second kappa shape index (κ2) is 7.07. The van der Waals surface area contributed by atoms with E-state index in [-0.39, 0.29) is 11.3 Å². The van der Waals surface area contributed by atoms with Crippen molar-refractivity contribution in [1.82, 2.24) is 0 Å². The highest BCUT2D eigenvalue weighted by atomic mass is 35.5. The first-order valence-electron chi connectivity index (χ1n) is 5.62. The van der Waals surface area contributed by atoms with E-state index in [4.69, 9.17) is 16.3 Å². The van der Waals surface area contributed by atoms with Crippen molar-refractivity contribution in [3.63, 3.8) is 0 Å². The topological polar surface area (TPSA) is 35.5 Å². The van der Waals surface area contributed by atoms with Crippen LogP contribution in [0.15, 0.2) is 36.4 Å². The number of carbonyl (C=O) groups excluding carboxylic acids is 1. The number of hydrogen-bond donors (Lipinski definition) is 0. The highest BCUT2D eigenvalue weighted by Gasteiger charge is 2.14. The molecule has 1 rings (SSSR count). The molecule has 1 aromatic carbocycles. The number of rotatable bonds is 5. The van der Waals surface area contributed by atoms with E-state index < -0.39 is 5.97 Å². The molecule has 0 aliphatic rings. The van der Waals surface area contributed by atoms with Crippen LogP contribution in [0.25, 0.3) is 0 Å². The summed E-state index contributed by atoms with van der Waals surface area (Å²) in [4.78, 5) is 11.0. The molecule has 1 unspecified atom stereocenters. The van der Waals surface area contributed by atoms with E-state index in [9.17, 15) is 4.79 Å². The fraction of sp³-hybridized carbons (Fsp3) is 0.357. The van der Waals surface area contributed by atoms with Crippen molar-refractivity contribution in [1.29, 1.82) is 0 Å². The average Bonchev–Trinajstić information content (AvgIpc) is 2.43. The molecule has 0 N–H and O–H groups in total. The number of alkyl halides is 1. The van der Waals surface area contributed by atoms with Gasteiger partial charge in [0.1, 0.15) is 5.75 Å². The molecule has 0 aliphatic heterocycles. The Hall–Kier alpha value is -1.48. The largest absolute Gasteiger partial charge is 0.497 e. The van der Waals surface area contributed by atoms with Gasteiger partial charge >= 0.3 is 5.97 Å². The van der Waals surface area contributed by atoms with Gasteiger partial charge in [0.05, 0.1) is 19.6 Å². The molecule has 0 spiro atoms. The molecule has 18 heavy (non-hydrogen) atoms. The summed E-state index contributed by atoms with van der Waals surface area (Å²) in [6, 6.07) is 7.70. The lowest BCUT2D eigenvalue weighted by molar-refractivity contribution is -0.134. The molecule has 4 heteroatoms. The summed E-state index contributed by atoms with van der Waals surface area (Å²) in [6.07, 6.45) is 2.99. The SMILES string of the molecule is COC(=O)/C=C/C(Cl)[C@@H](C)c1ccc(OC)cc1. The Balaban J connectivity index is 2.70. The molecule has 1 aromatic rings. The van der Waals surface area contributed by atoms with Crippen LogP contribution in [0.5, 0.6) is 5.75 Å². The average molecular weight is 269 g/mol. The van der Waals surface area contributed by atoms with Gasteiger partial charge in [-0.1, -0.05) is 25.1 Å². The van der Waals surface area contributed by atoms with Gasteiger partial charge < -0.3 is 9.47 Å². The lowest BCUT2D eigenvalue weighted by Crippen LogP contribution is -2.07. The first kappa shape index (κ1) is 14.6. The fourth-order valence-corrected chi connectivity index (χ4v) is 1.71. The number of halogens is 1. The molecule has 0 aromatic heterocycles. The lowest BCUT2D eigenvalue weighted by atomic mass is 9.97. The molecule has 0 amide bonds. The van der Waals surface area contributed by atoms with Gasteiger partial charge in [-0.3, -0.25) is 0 Å². The highest BCUT2D eigenvalue weighted by Crippen LogP contribution is 2.25. The summed E-state index contributed by atoms with van der Waals surface area (Å²) in [7, 11) is 2.96. The first-order chi connectivity index (χ1) is 8.58. The summed E-state index contributed by atoms with van der Waals surface area (Å²) < 4.78 is 9.61. The van der Waals surface area contributed by atoms with Crippen LogP contribution in [0.4, 0.5) is 0 Å². The zero-order valence-corrected chi connectivity index (χ0v) is 11.5. The van der Waals surface area contributed by atoms with Crippen molar-refractivity contribution in [3.05, 3.63) is 42.0 Å². The number of carbonyl (C=O) groups is 1. The fourth-order valence-electron chi connectivity index (χ4n) is 1.50. The third-order valence-electron chi connectivity index (χ3n) is 2.74. The Morgan fingerprint density at radius 2 is 1.89 bits per heavy atom. The Labute approximate surface area is 112 Å². The maximum atomic E-state index is 11.0. The zero-order valence-electron chi connectivity index (χ0n) is 10.7. The number of methoxy groups -OCH3 is 2. The zero-order chi connectivity index (χ0) is 13.5. The molecule has 0 aliphatic carbocycles. The van der Waals surface area contributed by atoms with Crippen LogP contribution in [0.3, 0.4) is 0 Å². The van der Waals surface area contributed by atoms with Crippen LogP contribution in [-0.2, 0) is 9.53 Å². The van der Waals surface area contributed by atoms with Crippen LogP contribution in [-0.4, -0.2) is 25.6 Å². The summed E-state index contributed by atoms with van der Waals surface area (Å²) in [5, 5.41) is -0.266. The van der Waals surface area contributed by atoms with Gasteiger partial charge in [0.15, 0.2) is 0 Å². The van der Waals surface area contributed by atoms with Gasteiger partial charge in [0.2, 0.25) is 0 Å². The minimum Gasteiger partial charge on any atom is -0.497 e. The van der Waals surface area contributed by atoms with Crippen molar-refractivity contribution in [2.24, 2.45) is 0 Å². The van der Waals surface area contributed by atoms with E-state index in [1.807, 2.05) is 31.2 Å². The van der Waals surface area contributed by atoms with E-state index >= 15 is 0 Å². The third-order valence-corrected chi connectivity index (χ3v) is 3.26. The van der Waals surface area contributed by atoms with Crippen LogP contribution >= 0.6 is 11.6 Å². The molecular weight excluding hydrogens is 252 g/mol. The smallest absolute Gasteiger partial charge is 0.330 e. The molecule has 0 bridgehead atoms. The molecule has 98 valence electrons. The molecule has 0 saturated heterocycles. The van der Waals surface area contributed by atoms with E-state index in [0.29, 0.717) is 0 Å². The summed E-state index contributed by atoms with van der Waals surface area (Å²) in [5.74, 6) is 0.503. The molecule has 0 radical (unpaired) electrons. The van der Waals surface area contributed by atoms with Gasteiger partial charge in [-0.05, 0) is 17.7 Å². The summed E-state index contributed by atoms with van der Waals surface area (Å²) in [5.41, 5.74) is 1.09. The van der Waals surface area contributed by atoms with E-state index in [1.54, 1.807) is 13.2 Å². The molecule has 0 saturated carbocycles. The number of allylic oxidation sites excluding steroid dienone is 1. The Morgan fingerprint density at radius 3 is 2.39 bits per heavy atom. The molecular formula is C14H17ClO3. The van der Waals surface area contributed by atoms with E-state index in [2.05, 4.69) is 4.74 Å². The Kier molecular flexibility index (Phi) is 5.72. The normalized spacial score (nSPS) is 14.2. The summed E-state index contributed by atoms with van der Waals surface area (Å²) in [6.45, 7) is 2.00. The van der Waals surface area contributed by atoms with Crippen LogP contribution < -0.4 is 4.74 Å². The second-order valence-electron chi connectivity index (χ2n) is 3.89. The van der Waals surface area contributed by atoms with Crippen molar-refractivity contribution < 1.29 is 14.3 Å². The molecule has 0 heterocycles. The van der Waals surface area contributed by atoms with Gasteiger partial charge in [-0.15, -0.1) is 11.6 Å². The maximum Gasteiger partial charge on any atom is 0.330 e. The van der Waals surface area contributed by atoms with E-state index in [1.165, 1.54) is 13.2 Å². The standard InChI is InChI=1S/C14H17ClO3/c1-10(13(15)8-9-14(16)18-3)11-4-6-12(17-2)7-5-11/h4-10,13H,1-3H3/b9-8+/t10-,13?/m0/s1. The van der Waals surface area contributed by atoms with Gasteiger partial charge in [-0.25, -0.2) is 4.79 Å². The molecule has 3 nitrogen and oxygen atoms in total. The number of ether oxygens (including phenoxy) is 2. The maximum absolute atomic E-state index is 11.0. The highest BCUT2D eigenvalue weighted by molar-refractivity contribution is 6.22. The lowest BCUT2D eigenvalue weighted by Gasteiger charge is -2.15. The van der Waals surface area contributed by atoms with Gasteiger partial charge in [-0.2, -0.15) is 0 Å². The summed E-state index contributed by atoms with van der Waals surface area (Å²) >= 11 is 6.21. The van der Waals surface area contributed by atoms with Crippen LogP contribution in [0.2, 0.25) is 0 Å². The van der Waals surface area contributed by atoms with Crippen molar-refractivity contribution in [3.8, 4) is 5.75 Å². The van der Waals surface area contributed by atoms with Crippen molar-refractivity contribution in [2.45, 2.75) is 18.2 Å². The quantitative estimate of drug-likeness (QED) is 0.468. The molecule has 2 atom stereocenters. The van der Waals surface area contributed by atoms with Crippen molar-refractivity contribution >= 4 is 17.6 Å². The monoisotopic (exact) mass is 268 g/mol. The second-order valence-corrected chi connectivity index (χ2v) is 4.39. The van der Waals surface area contributed by atoms with E-state index in [0.717, 1.165) is 11.3 Å². The predicted molar refractivity (Wildman–Crippen MR) is 72.2 cm³/mol.